The van der Waals surface area contributed by atoms with E-state index in [-0.39, 0.29) is 23.6 Å². The molecule has 112 valence electrons. The predicted octanol–water partition coefficient (Wildman–Crippen LogP) is 4.43. The Morgan fingerprint density at radius 2 is 1.21 bits per heavy atom. The number of carbonyl (C=O) groups excluding carboxylic acids is 2. The molecule has 0 aromatic rings. The van der Waals surface area contributed by atoms with E-state index in [2.05, 4.69) is 0 Å². The summed E-state index contributed by atoms with van der Waals surface area (Å²) in [6, 6.07) is 0. The fourth-order valence-electron chi connectivity index (χ4n) is 1.69. The molecule has 0 aliphatic carbocycles. The molecule has 0 radical (unpaired) electrons. The third-order valence-electron chi connectivity index (χ3n) is 2.75. The Balaban J connectivity index is 3.72. The van der Waals surface area contributed by atoms with Gasteiger partial charge in [0.2, 0.25) is 0 Å². The van der Waals surface area contributed by atoms with Gasteiger partial charge < -0.3 is 4.74 Å². The minimum atomic E-state index is -0.492. The molecule has 0 aliphatic heterocycles. The molecule has 0 rings (SSSR count). The van der Waals surface area contributed by atoms with Crippen LogP contribution in [0.3, 0.4) is 0 Å². The molecule has 0 amide bonds. The van der Waals surface area contributed by atoms with Crippen LogP contribution in [-0.2, 0) is 14.3 Å². The van der Waals surface area contributed by atoms with Crippen molar-refractivity contribution in [1.82, 2.24) is 0 Å². The lowest BCUT2D eigenvalue weighted by molar-refractivity contribution is -0.159. The minimum Gasteiger partial charge on any atom is -0.393 e. The first-order valence-corrected chi connectivity index (χ1v) is 7.88. The van der Waals surface area contributed by atoms with Crippen LogP contribution in [0.25, 0.3) is 0 Å². The van der Waals surface area contributed by atoms with Crippen molar-refractivity contribution < 1.29 is 14.3 Å². The third kappa shape index (κ3) is 11.3. The van der Waals surface area contributed by atoms with E-state index in [1.165, 1.54) is 0 Å². The van der Waals surface area contributed by atoms with Gasteiger partial charge in [0, 0.05) is 23.6 Å². The smallest absolute Gasteiger partial charge is 0.313 e. The van der Waals surface area contributed by atoms with Crippen LogP contribution in [0.2, 0.25) is 0 Å². The van der Waals surface area contributed by atoms with E-state index >= 15 is 0 Å². The normalized spacial score (nSPS) is 13.9. The number of hydrogen-bond acceptors (Lipinski definition) is 3. The van der Waals surface area contributed by atoms with Crippen molar-refractivity contribution in [2.24, 2.45) is 0 Å². The Bertz CT molecular complexity index is 243. The largest absolute Gasteiger partial charge is 0.393 e. The van der Waals surface area contributed by atoms with Gasteiger partial charge in [0.05, 0.1) is 0 Å². The van der Waals surface area contributed by atoms with Crippen molar-refractivity contribution in [3.8, 4) is 0 Å². The van der Waals surface area contributed by atoms with E-state index in [4.69, 9.17) is 27.9 Å². The maximum atomic E-state index is 11.4. The minimum absolute atomic E-state index is 0.0237. The summed E-state index contributed by atoms with van der Waals surface area (Å²) < 4.78 is 4.71. The molecule has 0 aromatic carbocycles. The molecule has 2 unspecified atom stereocenters. The Morgan fingerprint density at radius 1 is 0.842 bits per heavy atom. The molecule has 0 bridgehead atoms. The van der Waals surface area contributed by atoms with Gasteiger partial charge in [-0.3, -0.25) is 9.59 Å². The average molecular weight is 311 g/mol. The number of hydrogen-bond donors (Lipinski definition) is 0. The van der Waals surface area contributed by atoms with Crippen molar-refractivity contribution in [2.75, 3.05) is 0 Å². The van der Waals surface area contributed by atoms with E-state index in [1.807, 2.05) is 13.8 Å². The fraction of sp³-hybridized carbons (Fsp3) is 0.857. The van der Waals surface area contributed by atoms with Crippen LogP contribution in [0.15, 0.2) is 0 Å². The summed E-state index contributed by atoms with van der Waals surface area (Å²) in [5.41, 5.74) is 0. The van der Waals surface area contributed by atoms with Crippen molar-refractivity contribution in [1.29, 1.82) is 0 Å². The van der Waals surface area contributed by atoms with Gasteiger partial charge in [-0.15, -0.1) is 23.2 Å². The summed E-state index contributed by atoms with van der Waals surface area (Å²) in [6.07, 6.45) is 5.19. The van der Waals surface area contributed by atoms with Gasteiger partial charge in [0.1, 0.15) is 0 Å². The zero-order chi connectivity index (χ0) is 14.7. The summed E-state index contributed by atoms with van der Waals surface area (Å²) in [5, 5.41) is -0.0474. The number of ether oxygens (including phenoxy) is 1. The standard InChI is InChI=1S/C14H24Cl2O3/c1-3-5-11(15)7-9-13(17)19-14(18)10-8-12(16)6-4-2/h11-12H,3-10H2,1-2H3. The number of esters is 2. The Morgan fingerprint density at radius 3 is 1.53 bits per heavy atom. The molecule has 2 atom stereocenters. The second kappa shape index (κ2) is 11.5. The third-order valence-corrected chi connectivity index (χ3v) is 3.63. The lowest BCUT2D eigenvalue weighted by atomic mass is 10.1. The number of halogens is 2. The van der Waals surface area contributed by atoms with Crippen LogP contribution in [-0.4, -0.2) is 22.7 Å². The first kappa shape index (κ1) is 18.7. The van der Waals surface area contributed by atoms with E-state index in [9.17, 15) is 9.59 Å². The first-order valence-electron chi connectivity index (χ1n) is 7.01. The SMILES string of the molecule is CCCC(Cl)CCC(=O)OC(=O)CCC(Cl)CCC. The van der Waals surface area contributed by atoms with Gasteiger partial charge in [-0.2, -0.15) is 0 Å². The summed E-state index contributed by atoms with van der Waals surface area (Å²) in [6.45, 7) is 4.08. The molecular formula is C14H24Cl2O3. The first-order chi connectivity index (χ1) is 8.99. The molecule has 19 heavy (non-hydrogen) atoms. The molecule has 0 N–H and O–H groups in total. The Kier molecular flexibility index (Phi) is 11.4. The van der Waals surface area contributed by atoms with Crippen molar-refractivity contribution in [3.63, 3.8) is 0 Å². The second-order valence-electron chi connectivity index (χ2n) is 4.70. The Hall–Kier alpha value is -0.280. The molecule has 0 aromatic heterocycles. The van der Waals surface area contributed by atoms with Crippen molar-refractivity contribution >= 4 is 35.1 Å². The van der Waals surface area contributed by atoms with Crippen LogP contribution in [0.5, 0.6) is 0 Å². The number of rotatable bonds is 10. The van der Waals surface area contributed by atoms with Crippen LogP contribution in [0.4, 0.5) is 0 Å². The molecular weight excluding hydrogens is 287 g/mol. The van der Waals surface area contributed by atoms with E-state index in [0.29, 0.717) is 12.8 Å². The van der Waals surface area contributed by atoms with Gasteiger partial charge in [0.25, 0.3) is 0 Å². The average Bonchev–Trinajstić information content (AvgIpc) is 2.35. The summed E-state index contributed by atoms with van der Waals surface area (Å²) in [5.74, 6) is -0.985. The highest BCUT2D eigenvalue weighted by Crippen LogP contribution is 2.14. The molecule has 0 saturated carbocycles. The van der Waals surface area contributed by atoms with Gasteiger partial charge in [-0.1, -0.05) is 26.7 Å². The highest BCUT2D eigenvalue weighted by Gasteiger charge is 2.14. The lowest BCUT2D eigenvalue weighted by Crippen LogP contribution is -2.15. The number of carbonyl (C=O) groups is 2. The highest BCUT2D eigenvalue weighted by atomic mass is 35.5. The van der Waals surface area contributed by atoms with Gasteiger partial charge in [-0.25, -0.2) is 0 Å². The van der Waals surface area contributed by atoms with Crippen LogP contribution in [0.1, 0.15) is 65.2 Å². The number of alkyl halides is 2. The summed E-state index contributed by atoms with van der Waals surface area (Å²) >= 11 is 12.0. The zero-order valence-electron chi connectivity index (χ0n) is 11.8. The van der Waals surface area contributed by atoms with Gasteiger partial charge >= 0.3 is 11.9 Å². The van der Waals surface area contributed by atoms with E-state index in [0.717, 1.165) is 25.7 Å². The highest BCUT2D eigenvalue weighted by molar-refractivity contribution is 6.20. The zero-order valence-corrected chi connectivity index (χ0v) is 13.3. The van der Waals surface area contributed by atoms with Crippen LogP contribution >= 0.6 is 23.2 Å². The molecule has 0 spiro atoms. The fourth-order valence-corrected chi connectivity index (χ4v) is 2.35. The second-order valence-corrected chi connectivity index (χ2v) is 5.93. The lowest BCUT2D eigenvalue weighted by Gasteiger charge is -2.08. The predicted molar refractivity (Wildman–Crippen MR) is 78.7 cm³/mol. The quantitative estimate of drug-likeness (QED) is 0.340. The molecule has 0 fully saturated rings. The molecule has 0 heterocycles. The topological polar surface area (TPSA) is 43.4 Å². The van der Waals surface area contributed by atoms with Gasteiger partial charge in [0.15, 0.2) is 0 Å². The molecule has 0 aliphatic rings. The van der Waals surface area contributed by atoms with Crippen molar-refractivity contribution in [2.45, 2.75) is 76.0 Å². The molecule has 5 heteroatoms. The van der Waals surface area contributed by atoms with Crippen LogP contribution in [0, 0.1) is 0 Å². The van der Waals surface area contributed by atoms with Gasteiger partial charge in [-0.05, 0) is 25.7 Å². The maximum absolute atomic E-state index is 11.4. The van der Waals surface area contributed by atoms with Crippen molar-refractivity contribution in [3.05, 3.63) is 0 Å². The van der Waals surface area contributed by atoms with E-state index < -0.39 is 11.9 Å². The summed E-state index contributed by atoms with van der Waals surface area (Å²) in [7, 11) is 0. The molecule has 3 nitrogen and oxygen atoms in total. The van der Waals surface area contributed by atoms with Crippen LogP contribution < -0.4 is 0 Å². The summed E-state index contributed by atoms with van der Waals surface area (Å²) in [4.78, 5) is 22.8. The molecule has 0 saturated heterocycles. The monoisotopic (exact) mass is 310 g/mol. The maximum Gasteiger partial charge on any atom is 0.313 e. The van der Waals surface area contributed by atoms with E-state index in [1.54, 1.807) is 0 Å². The Labute approximate surface area is 126 Å².